The van der Waals surface area contributed by atoms with Gasteiger partial charge < -0.3 is 9.64 Å². The number of ether oxygens (including phenoxy) is 1. The molecule has 0 saturated heterocycles. The van der Waals surface area contributed by atoms with Gasteiger partial charge in [0.25, 0.3) is 0 Å². The molecule has 2 aliphatic rings. The van der Waals surface area contributed by atoms with Crippen molar-refractivity contribution in [2.45, 2.75) is 32.5 Å². The Hall–Kier alpha value is -1.85. The quantitative estimate of drug-likeness (QED) is 0.439. The molecule has 2 nitrogen and oxygen atoms in total. The van der Waals surface area contributed by atoms with E-state index in [1.54, 1.807) is 17.4 Å². The minimum atomic E-state index is -0.227. The topological polar surface area (TPSA) is 12.5 Å². The van der Waals surface area contributed by atoms with Crippen LogP contribution in [0, 0.1) is 19.7 Å². The minimum absolute atomic E-state index is 0.0453. The number of anilines is 1. The van der Waals surface area contributed by atoms with Crippen LogP contribution in [-0.2, 0) is 6.42 Å². The number of hydrogen-bond donors (Lipinski definition) is 0. The largest absolute Gasteiger partial charge is 0.465 e. The maximum absolute atomic E-state index is 14.9. The molecule has 2 atom stereocenters. The Balaban J connectivity index is 1.72. The molecule has 0 amide bonds. The highest BCUT2D eigenvalue weighted by Gasteiger charge is 2.44. The van der Waals surface area contributed by atoms with Crippen LogP contribution in [0.1, 0.15) is 38.7 Å². The van der Waals surface area contributed by atoms with Gasteiger partial charge in [0.15, 0.2) is 0 Å². The Labute approximate surface area is 164 Å². The monoisotopic (exact) mass is 429 g/mol. The zero-order valence-corrected chi connectivity index (χ0v) is 16.8. The van der Waals surface area contributed by atoms with Gasteiger partial charge in [-0.15, -0.1) is 11.3 Å². The van der Waals surface area contributed by atoms with Gasteiger partial charge in [0.2, 0.25) is 6.23 Å². The fraction of sp³-hybridized carbons (Fsp3) is 0.238. The van der Waals surface area contributed by atoms with E-state index in [4.69, 9.17) is 4.74 Å². The summed E-state index contributed by atoms with van der Waals surface area (Å²) in [5.41, 5.74) is 3.90. The van der Waals surface area contributed by atoms with Crippen LogP contribution in [0.25, 0.3) is 0 Å². The van der Waals surface area contributed by atoms with Crippen molar-refractivity contribution in [3.05, 3.63) is 79.2 Å². The summed E-state index contributed by atoms with van der Waals surface area (Å²) in [6.07, 6.45) is 0.557. The molecule has 5 rings (SSSR count). The van der Waals surface area contributed by atoms with Crippen molar-refractivity contribution in [3.8, 4) is 5.75 Å². The first kappa shape index (κ1) is 16.3. The fourth-order valence-electron chi connectivity index (χ4n) is 4.08. The summed E-state index contributed by atoms with van der Waals surface area (Å²) in [6.45, 7) is 4.01. The van der Waals surface area contributed by atoms with Crippen LogP contribution in [0.4, 0.5) is 10.1 Å². The molecule has 0 saturated carbocycles. The molecule has 2 aliphatic heterocycles. The number of fused-ring (bicyclic) bond motifs is 5. The Kier molecular flexibility index (Phi) is 3.66. The lowest BCUT2D eigenvalue weighted by molar-refractivity contribution is 0.168. The van der Waals surface area contributed by atoms with Crippen LogP contribution in [0.2, 0.25) is 0 Å². The molecule has 3 aromatic rings. The molecule has 0 N–H and O–H groups in total. The summed E-state index contributed by atoms with van der Waals surface area (Å²) in [7, 11) is 0. The van der Waals surface area contributed by atoms with Crippen molar-refractivity contribution in [2.75, 3.05) is 4.90 Å². The molecule has 0 fully saturated rings. The minimum Gasteiger partial charge on any atom is -0.465 e. The van der Waals surface area contributed by atoms with Gasteiger partial charge >= 0.3 is 0 Å². The molecular formula is C21H17BrFNOS. The SMILES string of the molecule is Cc1cc(F)c2c(c1)OC(c1ccc(C)s1)N1c3ccc(Br)cc3CC21. The van der Waals surface area contributed by atoms with Gasteiger partial charge in [0.05, 0.1) is 16.5 Å². The summed E-state index contributed by atoms with van der Waals surface area (Å²) < 4.78 is 22.3. The van der Waals surface area contributed by atoms with E-state index in [1.165, 1.54) is 10.4 Å². The molecule has 0 bridgehead atoms. The van der Waals surface area contributed by atoms with Crippen LogP contribution in [0.15, 0.2) is 46.9 Å². The van der Waals surface area contributed by atoms with E-state index < -0.39 is 0 Å². The van der Waals surface area contributed by atoms with Gasteiger partial charge in [-0.25, -0.2) is 4.39 Å². The van der Waals surface area contributed by atoms with Crippen LogP contribution < -0.4 is 9.64 Å². The average Bonchev–Trinajstić information content (AvgIpc) is 3.16. The third-order valence-corrected chi connectivity index (χ3v) is 6.66. The van der Waals surface area contributed by atoms with Crippen LogP contribution >= 0.6 is 27.3 Å². The van der Waals surface area contributed by atoms with Crippen LogP contribution in [0.3, 0.4) is 0 Å². The Bertz CT molecular complexity index is 1030. The second-order valence-corrected chi connectivity index (χ2v) is 9.21. The highest BCUT2D eigenvalue weighted by Crippen LogP contribution is 2.53. The van der Waals surface area contributed by atoms with Gasteiger partial charge in [-0.05, 0) is 73.9 Å². The van der Waals surface area contributed by atoms with E-state index in [2.05, 4.69) is 52.0 Å². The first-order valence-electron chi connectivity index (χ1n) is 8.61. The molecule has 0 aliphatic carbocycles. The van der Waals surface area contributed by atoms with Crippen LogP contribution in [-0.4, -0.2) is 0 Å². The lowest BCUT2D eigenvalue weighted by atomic mass is 9.97. The maximum atomic E-state index is 14.9. The third-order valence-electron chi connectivity index (χ3n) is 5.13. The van der Waals surface area contributed by atoms with Crippen molar-refractivity contribution in [1.29, 1.82) is 0 Å². The number of benzene rings is 2. The van der Waals surface area contributed by atoms with Gasteiger partial charge in [-0.2, -0.15) is 0 Å². The maximum Gasteiger partial charge on any atom is 0.208 e. The van der Waals surface area contributed by atoms with E-state index in [9.17, 15) is 4.39 Å². The molecule has 2 aromatic carbocycles. The zero-order chi connectivity index (χ0) is 18.0. The van der Waals surface area contributed by atoms with Crippen molar-refractivity contribution < 1.29 is 9.13 Å². The molecule has 3 heterocycles. The Morgan fingerprint density at radius 1 is 1.15 bits per heavy atom. The molecule has 0 spiro atoms. The number of aryl methyl sites for hydroxylation is 2. The second-order valence-electron chi connectivity index (χ2n) is 6.98. The predicted octanol–water partition coefficient (Wildman–Crippen LogP) is 6.46. The molecule has 1 aromatic heterocycles. The lowest BCUT2D eigenvalue weighted by Gasteiger charge is -2.40. The predicted molar refractivity (Wildman–Crippen MR) is 107 cm³/mol. The summed E-state index contributed by atoms with van der Waals surface area (Å²) in [5.74, 6) is 0.495. The second kappa shape index (κ2) is 5.83. The normalized spacial score (nSPS) is 20.4. The fourth-order valence-corrected chi connectivity index (χ4v) is 5.39. The zero-order valence-electron chi connectivity index (χ0n) is 14.4. The molecule has 2 unspecified atom stereocenters. The first-order chi connectivity index (χ1) is 12.5. The Morgan fingerprint density at radius 2 is 2.00 bits per heavy atom. The Morgan fingerprint density at radius 3 is 2.77 bits per heavy atom. The summed E-state index contributed by atoms with van der Waals surface area (Å²) in [4.78, 5) is 4.64. The van der Waals surface area contributed by atoms with E-state index in [1.807, 2.05) is 19.1 Å². The summed E-state index contributed by atoms with van der Waals surface area (Å²) in [5, 5.41) is 0. The van der Waals surface area contributed by atoms with E-state index >= 15 is 0 Å². The van der Waals surface area contributed by atoms with Crippen molar-refractivity contribution >= 4 is 33.0 Å². The van der Waals surface area contributed by atoms with Crippen LogP contribution in [0.5, 0.6) is 5.75 Å². The first-order valence-corrected chi connectivity index (χ1v) is 10.2. The smallest absolute Gasteiger partial charge is 0.208 e. The average molecular weight is 430 g/mol. The standard InChI is InChI=1S/C21H17BrFNOS/c1-11-7-15(23)20-17-10-13-9-14(22)4-5-16(13)24(17)21(25-18(20)8-11)19-6-3-12(2)26-19/h3-9,17,21H,10H2,1-2H3. The molecule has 26 heavy (non-hydrogen) atoms. The van der Waals surface area contributed by atoms with E-state index in [0.29, 0.717) is 11.3 Å². The molecule has 0 radical (unpaired) electrons. The number of thiophene rings is 1. The van der Waals surface area contributed by atoms with Crippen molar-refractivity contribution in [3.63, 3.8) is 0 Å². The van der Waals surface area contributed by atoms with Gasteiger partial charge in [-0.1, -0.05) is 15.9 Å². The highest BCUT2D eigenvalue weighted by atomic mass is 79.9. The molecular weight excluding hydrogens is 413 g/mol. The number of rotatable bonds is 1. The third kappa shape index (κ3) is 2.41. The number of halogens is 2. The number of hydrogen-bond acceptors (Lipinski definition) is 3. The summed E-state index contributed by atoms with van der Waals surface area (Å²) >= 11 is 5.30. The lowest BCUT2D eigenvalue weighted by Crippen LogP contribution is -2.37. The molecule has 5 heteroatoms. The van der Waals surface area contributed by atoms with Gasteiger partial charge in [0.1, 0.15) is 11.6 Å². The van der Waals surface area contributed by atoms with E-state index in [0.717, 1.165) is 27.0 Å². The van der Waals surface area contributed by atoms with Crippen molar-refractivity contribution in [2.24, 2.45) is 0 Å². The highest BCUT2D eigenvalue weighted by molar-refractivity contribution is 9.10. The number of nitrogens with zero attached hydrogens (tertiary/aromatic N) is 1. The van der Waals surface area contributed by atoms with Crippen molar-refractivity contribution in [1.82, 2.24) is 0 Å². The van der Waals surface area contributed by atoms with E-state index in [-0.39, 0.29) is 18.1 Å². The molecule has 132 valence electrons. The van der Waals surface area contributed by atoms with Gasteiger partial charge in [-0.3, -0.25) is 0 Å². The van der Waals surface area contributed by atoms with Gasteiger partial charge in [0, 0.05) is 15.0 Å². The summed E-state index contributed by atoms with van der Waals surface area (Å²) in [6, 6.07) is 14.0.